The van der Waals surface area contributed by atoms with Crippen molar-refractivity contribution in [3.63, 3.8) is 0 Å². The second-order valence-electron chi connectivity index (χ2n) is 3.99. The highest BCUT2D eigenvalue weighted by Crippen LogP contribution is 2.20. The molecule has 1 aliphatic heterocycles. The van der Waals surface area contributed by atoms with Gasteiger partial charge in [0.2, 0.25) is 0 Å². The molecule has 2 rings (SSSR count). The molecule has 1 heterocycles. The molecule has 1 aromatic carbocycles. The molecule has 6 heteroatoms. The Balaban J connectivity index is 2.01. The molecule has 94 valence electrons. The Morgan fingerprint density at radius 3 is 2.35 bits per heavy atom. The largest absolute Gasteiger partial charge is 0.508 e. The molecule has 0 aliphatic carbocycles. The van der Waals surface area contributed by atoms with Crippen molar-refractivity contribution in [1.82, 2.24) is 0 Å². The van der Waals surface area contributed by atoms with E-state index in [4.69, 9.17) is 9.84 Å². The van der Waals surface area contributed by atoms with Crippen LogP contribution in [-0.2, 0) is 4.74 Å². The lowest BCUT2D eigenvalue weighted by Gasteiger charge is -2.35. The third kappa shape index (κ3) is 2.67. The lowest BCUT2D eigenvalue weighted by atomic mass is 10.0. The van der Waals surface area contributed by atoms with E-state index in [-0.39, 0.29) is 12.4 Å². The minimum Gasteiger partial charge on any atom is -0.508 e. The number of rotatable bonds is 2. The average Bonchev–Trinajstić information content (AvgIpc) is 2.33. The number of hydrogen-bond acceptors (Lipinski definition) is 6. The molecule has 0 aromatic heterocycles. The molecule has 0 unspecified atom stereocenters. The highest BCUT2D eigenvalue weighted by Gasteiger charge is 2.37. The van der Waals surface area contributed by atoms with Gasteiger partial charge in [-0.1, -0.05) is 0 Å². The number of hydrogen-bond donors (Lipinski definition) is 5. The lowest BCUT2D eigenvalue weighted by Crippen LogP contribution is -2.55. The van der Waals surface area contributed by atoms with E-state index in [9.17, 15) is 15.3 Å². The minimum atomic E-state index is -1.24. The van der Waals surface area contributed by atoms with Gasteiger partial charge >= 0.3 is 0 Å². The summed E-state index contributed by atoms with van der Waals surface area (Å²) in [5.74, 6) is 0.135. The van der Waals surface area contributed by atoms with E-state index in [1.165, 1.54) is 12.1 Å². The van der Waals surface area contributed by atoms with Gasteiger partial charge in [0.1, 0.15) is 24.1 Å². The Hall–Kier alpha value is -1.34. The number of aromatic hydroxyl groups is 1. The molecule has 17 heavy (non-hydrogen) atoms. The molecule has 0 spiro atoms. The maximum Gasteiger partial charge on any atom is 0.156 e. The molecule has 1 saturated heterocycles. The number of anilines is 1. The van der Waals surface area contributed by atoms with Gasteiger partial charge in [-0.05, 0) is 24.3 Å². The molecular weight excluding hydrogens is 226 g/mol. The molecule has 0 amide bonds. The summed E-state index contributed by atoms with van der Waals surface area (Å²) in [4.78, 5) is 0. The fourth-order valence-corrected chi connectivity index (χ4v) is 1.66. The number of aliphatic hydroxyl groups is 3. The van der Waals surface area contributed by atoms with Gasteiger partial charge < -0.3 is 30.5 Å². The van der Waals surface area contributed by atoms with E-state index < -0.39 is 24.5 Å². The van der Waals surface area contributed by atoms with Crippen LogP contribution < -0.4 is 5.32 Å². The Bertz CT molecular complexity index is 369. The minimum absolute atomic E-state index is 0.0476. The lowest BCUT2D eigenvalue weighted by molar-refractivity contribution is -0.178. The third-order valence-electron chi connectivity index (χ3n) is 2.68. The standard InChI is InChI=1S/C11H15NO5/c13-7-3-1-6(2-4-7)12-11-10(16)9(15)8(14)5-17-11/h1-4,8-16H,5H2/t8-,9-,10+,11-/m1/s1. The third-order valence-corrected chi connectivity index (χ3v) is 2.68. The zero-order valence-electron chi connectivity index (χ0n) is 9.02. The number of phenolic OH excluding ortho intramolecular Hbond substituents is 1. The summed E-state index contributed by atoms with van der Waals surface area (Å²) < 4.78 is 5.17. The van der Waals surface area contributed by atoms with Gasteiger partial charge in [0.25, 0.3) is 0 Å². The second-order valence-corrected chi connectivity index (χ2v) is 3.99. The zero-order chi connectivity index (χ0) is 12.4. The number of benzene rings is 1. The van der Waals surface area contributed by atoms with E-state index in [0.29, 0.717) is 5.69 Å². The van der Waals surface area contributed by atoms with Crippen LogP contribution in [0, 0.1) is 0 Å². The predicted molar refractivity (Wildman–Crippen MR) is 59.5 cm³/mol. The highest BCUT2D eigenvalue weighted by molar-refractivity contribution is 5.46. The van der Waals surface area contributed by atoms with Gasteiger partial charge in [0, 0.05) is 5.69 Å². The van der Waals surface area contributed by atoms with Crippen LogP contribution in [-0.4, -0.2) is 51.6 Å². The van der Waals surface area contributed by atoms with Crippen molar-refractivity contribution in [2.45, 2.75) is 24.5 Å². The van der Waals surface area contributed by atoms with Crippen LogP contribution in [0.3, 0.4) is 0 Å². The van der Waals surface area contributed by atoms with Gasteiger partial charge in [0.05, 0.1) is 6.61 Å². The maximum absolute atomic E-state index is 9.68. The summed E-state index contributed by atoms with van der Waals surface area (Å²) >= 11 is 0. The van der Waals surface area contributed by atoms with Crippen LogP contribution in [0.5, 0.6) is 5.75 Å². The SMILES string of the molecule is Oc1ccc(N[C@@H]2OC[C@@H](O)[C@@H](O)[C@@H]2O)cc1. The molecule has 1 fully saturated rings. The fraction of sp³-hybridized carbons (Fsp3) is 0.455. The van der Waals surface area contributed by atoms with E-state index in [0.717, 1.165) is 0 Å². The van der Waals surface area contributed by atoms with Crippen molar-refractivity contribution >= 4 is 5.69 Å². The van der Waals surface area contributed by atoms with Crippen LogP contribution in [0.15, 0.2) is 24.3 Å². The predicted octanol–water partition coefficient (Wildman–Crippen LogP) is -0.757. The molecule has 1 aliphatic rings. The summed E-state index contributed by atoms with van der Waals surface area (Å²) in [5.41, 5.74) is 0.635. The van der Waals surface area contributed by atoms with Gasteiger partial charge in [-0.25, -0.2) is 0 Å². The van der Waals surface area contributed by atoms with Gasteiger partial charge in [-0.3, -0.25) is 0 Å². The molecule has 0 radical (unpaired) electrons. The van der Waals surface area contributed by atoms with E-state index in [2.05, 4.69) is 5.32 Å². The number of aliphatic hydroxyl groups excluding tert-OH is 3. The number of phenols is 1. The van der Waals surface area contributed by atoms with Crippen molar-refractivity contribution < 1.29 is 25.2 Å². The first-order valence-electron chi connectivity index (χ1n) is 5.29. The first-order chi connectivity index (χ1) is 8.08. The summed E-state index contributed by atoms with van der Waals surface area (Å²) in [6.45, 7) is -0.0476. The highest BCUT2D eigenvalue weighted by atomic mass is 16.5. The van der Waals surface area contributed by atoms with Crippen LogP contribution in [0.25, 0.3) is 0 Å². The van der Waals surface area contributed by atoms with Crippen molar-refractivity contribution in [2.24, 2.45) is 0 Å². The summed E-state index contributed by atoms with van der Waals surface area (Å²) in [7, 11) is 0. The van der Waals surface area contributed by atoms with E-state index >= 15 is 0 Å². The quantitative estimate of drug-likeness (QED) is 0.436. The van der Waals surface area contributed by atoms with Crippen molar-refractivity contribution in [2.75, 3.05) is 11.9 Å². The van der Waals surface area contributed by atoms with Crippen molar-refractivity contribution in [1.29, 1.82) is 0 Å². The van der Waals surface area contributed by atoms with Gasteiger partial charge in [-0.2, -0.15) is 0 Å². The molecule has 5 N–H and O–H groups in total. The molecule has 4 atom stereocenters. The van der Waals surface area contributed by atoms with Crippen LogP contribution in [0.2, 0.25) is 0 Å². The van der Waals surface area contributed by atoms with Crippen molar-refractivity contribution in [3.05, 3.63) is 24.3 Å². The Morgan fingerprint density at radius 2 is 1.71 bits per heavy atom. The maximum atomic E-state index is 9.68. The van der Waals surface area contributed by atoms with Crippen LogP contribution >= 0.6 is 0 Å². The normalized spacial score (nSPS) is 33.4. The second kappa shape index (κ2) is 4.89. The van der Waals surface area contributed by atoms with E-state index in [1.54, 1.807) is 12.1 Å². The van der Waals surface area contributed by atoms with E-state index in [1.807, 2.05) is 0 Å². The smallest absolute Gasteiger partial charge is 0.156 e. The molecule has 6 nitrogen and oxygen atoms in total. The van der Waals surface area contributed by atoms with Crippen LogP contribution in [0.4, 0.5) is 5.69 Å². The summed E-state index contributed by atoms with van der Waals surface area (Å²) in [5, 5.41) is 40.4. The zero-order valence-corrected chi connectivity index (χ0v) is 9.02. The van der Waals surface area contributed by atoms with Gasteiger partial charge in [-0.15, -0.1) is 0 Å². The fourth-order valence-electron chi connectivity index (χ4n) is 1.66. The Kier molecular flexibility index (Phi) is 3.49. The molecule has 0 saturated carbocycles. The topological polar surface area (TPSA) is 102 Å². The number of nitrogens with one attached hydrogen (secondary N) is 1. The Labute approximate surface area is 98.1 Å². The van der Waals surface area contributed by atoms with Crippen LogP contribution in [0.1, 0.15) is 0 Å². The average molecular weight is 241 g/mol. The molecule has 1 aromatic rings. The van der Waals surface area contributed by atoms with Gasteiger partial charge in [0.15, 0.2) is 6.23 Å². The molecule has 0 bridgehead atoms. The number of ether oxygens (including phenoxy) is 1. The van der Waals surface area contributed by atoms with Crippen molar-refractivity contribution in [3.8, 4) is 5.75 Å². The molecular formula is C11H15NO5. The monoisotopic (exact) mass is 241 g/mol. The summed E-state index contributed by atoms with van der Waals surface area (Å²) in [6, 6.07) is 6.21. The Morgan fingerprint density at radius 1 is 1.06 bits per heavy atom. The summed E-state index contributed by atoms with van der Waals surface area (Å²) in [6.07, 6.45) is -4.33. The first kappa shape index (κ1) is 12.1. The first-order valence-corrected chi connectivity index (χ1v) is 5.29.